The van der Waals surface area contributed by atoms with Crippen molar-refractivity contribution in [3.8, 4) is 11.5 Å². The van der Waals surface area contributed by atoms with Crippen molar-refractivity contribution in [1.29, 1.82) is 0 Å². The van der Waals surface area contributed by atoms with Crippen LogP contribution in [-0.4, -0.2) is 35.3 Å². The average molecular weight is 508 g/mol. The van der Waals surface area contributed by atoms with Gasteiger partial charge in [0.2, 0.25) is 11.8 Å². The SMILES string of the molecule is O=C(CSc1nnc(-c2cccc(Cl)c2)o1)Nc1ccc(S(=O)(=O)Nc2nccs2)cc1. The highest BCUT2D eigenvalue weighted by Gasteiger charge is 2.16. The molecule has 1 amide bonds. The summed E-state index contributed by atoms with van der Waals surface area (Å²) in [6, 6.07) is 12.8. The van der Waals surface area contributed by atoms with Crippen LogP contribution in [-0.2, 0) is 14.8 Å². The molecular formula is C19H14ClN5O4S3. The predicted octanol–water partition coefficient (Wildman–Crippen LogP) is 4.38. The van der Waals surface area contributed by atoms with Crippen molar-refractivity contribution >= 4 is 61.4 Å². The molecule has 0 aliphatic heterocycles. The molecule has 164 valence electrons. The Kier molecular flexibility index (Phi) is 6.74. The van der Waals surface area contributed by atoms with Gasteiger partial charge in [-0.1, -0.05) is 29.4 Å². The summed E-state index contributed by atoms with van der Waals surface area (Å²) in [6.45, 7) is 0. The number of carbonyl (C=O) groups is 1. The first-order valence-corrected chi connectivity index (χ1v) is 12.7. The number of thioether (sulfide) groups is 1. The number of halogens is 1. The molecule has 4 rings (SSSR count). The molecule has 2 aromatic carbocycles. The fraction of sp³-hybridized carbons (Fsp3) is 0.0526. The first-order valence-electron chi connectivity index (χ1n) is 8.93. The minimum absolute atomic E-state index is 0.0306. The van der Waals surface area contributed by atoms with Gasteiger partial charge < -0.3 is 9.73 Å². The van der Waals surface area contributed by atoms with Gasteiger partial charge in [-0.05, 0) is 42.5 Å². The van der Waals surface area contributed by atoms with E-state index in [1.165, 1.54) is 41.8 Å². The molecule has 9 nitrogen and oxygen atoms in total. The monoisotopic (exact) mass is 507 g/mol. The van der Waals surface area contributed by atoms with Gasteiger partial charge in [-0.25, -0.2) is 13.4 Å². The first kappa shape index (κ1) is 22.3. The van der Waals surface area contributed by atoms with Crippen molar-refractivity contribution in [2.45, 2.75) is 10.1 Å². The fourth-order valence-electron chi connectivity index (χ4n) is 2.50. The highest BCUT2D eigenvalue weighted by atomic mass is 35.5. The van der Waals surface area contributed by atoms with Crippen molar-refractivity contribution in [3.63, 3.8) is 0 Å². The number of amides is 1. The zero-order chi connectivity index (χ0) is 22.6. The standard InChI is InChI=1S/C19H14ClN5O4S3/c20-13-3-1-2-12(10-13)17-23-24-19(29-17)31-11-16(26)22-14-4-6-15(7-5-14)32(27,28)25-18-21-8-9-30-18/h1-10H,11H2,(H,21,25)(H,22,26). The van der Waals surface area contributed by atoms with E-state index in [1.54, 1.807) is 29.6 Å². The molecule has 0 fully saturated rings. The van der Waals surface area contributed by atoms with Crippen molar-refractivity contribution in [1.82, 2.24) is 15.2 Å². The second-order valence-corrected chi connectivity index (χ2v) is 10.1. The van der Waals surface area contributed by atoms with Gasteiger partial charge in [0.1, 0.15) is 0 Å². The van der Waals surface area contributed by atoms with Crippen LogP contribution in [0.1, 0.15) is 0 Å². The predicted molar refractivity (Wildman–Crippen MR) is 123 cm³/mol. The Bertz CT molecular complexity index is 1330. The van der Waals surface area contributed by atoms with E-state index in [9.17, 15) is 13.2 Å². The van der Waals surface area contributed by atoms with Crippen LogP contribution in [0.5, 0.6) is 0 Å². The van der Waals surface area contributed by atoms with Crippen LogP contribution in [0.4, 0.5) is 10.8 Å². The van der Waals surface area contributed by atoms with Gasteiger partial charge in [0.25, 0.3) is 15.2 Å². The number of hydrogen-bond donors (Lipinski definition) is 2. The van der Waals surface area contributed by atoms with Gasteiger partial charge in [0.15, 0.2) is 5.13 Å². The largest absolute Gasteiger partial charge is 0.411 e. The summed E-state index contributed by atoms with van der Waals surface area (Å²) in [5.74, 6) is 0.0237. The molecule has 0 radical (unpaired) electrons. The van der Waals surface area contributed by atoms with E-state index >= 15 is 0 Å². The van der Waals surface area contributed by atoms with E-state index in [2.05, 4.69) is 25.2 Å². The van der Waals surface area contributed by atoms with Gasteiger partial charge >= 0.3 is 0 Å². The molecule has 0 spiro atoms. The summed E-state index contributed by atoms with van der Waals surface area (Å²) >= 11 is 8.22. The lowest BCUT2D eigenvalue weighted by molar-refractivity contribution is -0.113. The first-order chi connectivity index (χ1) is 15.4. The Morgan fingerprint density at radius 3 is 2.69 bits per heavy atom. The molecule has 0 unspecified atom stereocenters. The Labute approximate surface area is 196 Å². The lowest BCUT2D eigenvalue weighted by atomic mass is 10.2. The zero-order valence-corrected chi connectivity index (χ0v) is 19.3. The molecule has 2 heterocycles. The highest BCUT2D eigenvalue weighted by molar-refractivity contribution is 7.99. The van der Waals surface area contributed by atoms with Crippen LogP contribution in [0.2, 0.25) is 5.02 Å². The number of aromatic nitrogens is 3. The maximum absolute atomic E-state index is 12.3. The summed E-state index contributed by atoms with van der Waals surface area (Å²) < 4.78 is 32.6. The van der Waals surface area contributed by atoms with E-state index in [4.69, 9.17) is 16.0 Å². The van der Waals surface area contributed by atoms with Crippen LogP contribution in [0.15, 0.2) is 74.6 Å². The molecule has 0 saturated heterocycles. The molecular weight excluding hydrogens is 494 g/mol. The second kappa shape index (κ2) is 9.69. The molecule has 32 heavy (non-hydrogen) atoms. The highest BCUT2D eigenvalue weighted by Crippen LogP contribution is 2.25. The number of nitrogens with one attached hydrogen (secondary N) is 2. The van der Waals surface area contributed by atoms with E-state index in [0.717, 1.165) is 11.8 Å². The molecule has 13 heteroatoms. The number of thiazole rings is 1. The molecule has 2 aromatic heterocycles. The van der Waals surface area contributed by atoms with Gasteiger partial charge in [-0.15, -0.1) is 21.5 Å². The van der Waals surface area contributed by atoms with E-state index in [-0.39, 0.29) is 26.9 Å². The third-order valence-corrected chi connectivity index (χ3v) is 7.13. The molecule has 0 saturated carbocycles. The molecule has 0 bridgehead atoms. The van der Waals surface area contributed by atoms with Crippen molar-refractivity contribution in [2.24, 2.45) is 0 Å². The number of carbonyl (C=O) groups excluding carboxylic acids is 1. The van der Waals surface area contributed by atoms with Crippen LogP contribution in [0.3, 0.4) is 0 Å². The van der Waals surface area contributed by atoms with Crippen LogP contribution < -0.4 is 10.0 Å². The van der Waals surface area contributed by atoms with Gasteiger partial charge in [-0.2, -0.15) is 0 Å². The second-order valence-electron chi connectivity index (χ2n) is 6.19. The van der Waals surface area contributed by atoms with Crippen molar-refractivity contribution in [2.75, 3.05) is 15.8 Å². The smallest absolute Gasteiger partial charge is 0.277 e. The summed E-state index contributed by atoms with van der Waals surface area (Å²) in [5.41, 5.74) is 1.13. The average Bonchev–Trinajstić information content (AvgIpc) is 3.44. The van der Waals surface area contributed by atoms with Crippen molar-refractivity contribution in [3.05, 3.63) is 65.1 Å². The normalized spacial score (nSPS) is 11.3. The van der Waals surface area contributed by atoms with E-state index in [0.29, 0.717) is 22.2 Å². The number of hydrogen-bond acceptors (Lipinski definition) is 9. The van der Waals surface area contributed by atoms with E-state index in [1.807, 2.05) is 0 Å². The number of benzene rings is 2. The Morgan fingerprint density at radius 1 is 1.16 bits per heavy atom. The third kappa shape index (κ3) is 5.65. The number of sulfonamides is 1. The summed E-state index contributed by atoms with van der Waals surface area (Å²) in [6.07, 6.45) is 1.51. The maximum atomic E-state index is 12.3. The number of anilines is 2. The molecule has 0 aliphatic rings. The van der Waals surface area contributed by atoms with Gasteiger partial charge in [-0.3, -0.25) is 9.52 Å². The van der Waals surface area contributed by atoms with Gasteiger partial charge in [0, 0.05) is 27.9 Å². The number of rotatable bonds is 8. The summed E-state index contributed by atoms with van der Waals surface area (Å²) in [5, 5.41) is 13.3. The zero-order valence-electron chi connectivity index (χ0n) is 16.1. The van der Waals surface area contributed by atoms with Crippen molar-refractivity contribution < 1.29 is 17.6 Å². The third-order valence-electron chi connectivity index (χ3n) is 3.91. The van der Waals surface area contributed by atoms with Crippen LogP contribution in [0.25, 0.3) is 11.5 Å². The topological polar surface area (TPSA) is 127 Å². The molecule has 0 aliphatic carbocycles. The molecule has 0 atom stereocenters. The van der Waals surface area contributed by atoms with Crippen LogP contribution >= 0.6 is 34.7 Å². The minimum Gasteiger partial charge on any atom is -0.411 e. The number of nitrogens with zero attached hydrogens (tertiary/aromatic N) is 3. The lowest BCUT2D eigenvalue weighted by Crippen LogP contribution is -2.15. The maximum Gasteiger partial charge on any atom is 0.277 e. The Balaban J connectivity index is 1.32. The summed E-state index contributed by atoms with van der Waals surface area (Å²) in [7, 11) is -3.75. The Morgan fingerprint density at radius 2 is 1.97 bits per heavy atom. The minimum atomic E-state index is -3.75. The van der Waals surface area contributed by atoms with E-state index < -0.39 is 10.0 Å². The summed E-state index contributed by atoms with van der Waals surface area (Å²) in [4.78, 5) is 16.2. The molecule has 2 N–H and O–H groups in total. The quantitative estimate of drug-likeness (QED) is 0.336. The van der Waals surface area contributed by atoms with Gasteiger partial charge in [0.05, 0.1) is 10.6 Å². The fourth-order valence-corrected chi connectivity index (χ4v) is 5.04. The lowest BCUT2D eigenvalue weighted by Gasteiger charge is -2.07. The molecule has 4 aromatic rings. The Hall–Kier alpha value is -2.93. The van der Waals surface area contributed by atoms with Crippen LogP contribution in [0, 0.1) is 0 Å².